The monoisotopic (exact) mass is 951 g/mol. The molecule has 0 heterocycles. The first-order valence-electron chi connectivity index (χ1n) is 29.3. The molecule has 0 amide bonds. The number of unbranched alkanes of at least 4 members (excludes halogenated alkanes) is 35. The van der Waals surface area contributed by atoms with Crippen molar-refractivity contribution in [2.24, 2.45) is 0 Å². The molecule has 68 heavy (non-hydrogen) atoms. The summed E-state index contributed by atoms with van der Waals surface area (Å²) < 4.78 is 16.9. The number of allylic oxidation sites excluding steroid dienone is 10. The van der Waals surface area contributed by atoms with E-state index in [0.717, 1.165) is 96.3 Å². The first-order valence-corrected chi connectivity index (χ1v) is 29.3. The van der Waals surface area contributed by atoms with Gasteiger partial charge in [-0.05, 0) is 70.6 Å². The average molecular weight is 952 g/mol. The highest BCUT2D eigenvalue weighted by atomic mass is 16.6. The maximum absolute atomic E-state index is 12.9. The summed E-state index contributed by atoms with van der Waals surface area (Å²) in [6, 6.07) is 0. The van der Waals surface area contributed by atoms with Gasteiger partial charge in [0.15, 0.2) is 6.10 Å². The molecular formula is C62H110O6. The maximum Gasteiger partial charge on any atom is 0.306 e. The number of hydrogen-bond donors (Lipinski definition) is 0. The van der Waals surface area contributed by atoms with Gasteiger partial charge in [-0.25, -0.2) is 0 Å². The van der Waals surface area contributed by atoms with Crippen LogP contribution in [0.3, 0.4) is 0 Å². The summed E-state index contributed by atoms with van der Waals surface area (Å²) in [4.78, 5) is 38.2. The predicted molar refractivity (Wildman–Crippen MR) is 293 cm³/mol. The lowest BCUT2D eigenvalue weighted by Gasteiger charge is -2.18. The largest absolute Gasteiger partial charge is 0.462 e. The average Bonchev–Trinajstić information content (AvgIpc) is 3.34. The smallest absolute Gasteiger partial charge is 0.306 e. The third kappa shape index (κ3) is 54.1. The van der Waals surface area contributed by atoms with Crippen LogP contribution in [0, 0.1) is 0 Å². The second-order valence-corrected chi connectivity index (χ2v) is 19.6. The molecule has 0 aliphatic rings. The van der Waals surface area contributed by atoms with Crippen LogP contribution in [0.5, 0.6) is 0 Å². The summed E-state index contributed by atoms with van der Waals surface area (Å²) in [5, 5.41) is 0. The molecule has 6 heteroatoms. The van der Waals surface area contributed by atoms with Crippen molar-refractivity contribution in [1.82, 2.24) is 0 Å². The van der Waals surface area contributed by atoms with E-state index < -0.39 is 6.10 Å². The summed E-state index contributed by atoms with van der Waals surface area (Å²) in [6.45, 7) is 6.61. The molecule has 0 radical (unpaired) electrons. The molecule has 0 saturated heterocycles. The van der Waals surface area contributed by atoms with Gasteiger partial charge in [0, 0.05) is 19.3 Å². The molecule has 394 valence electrons. The molecular weight excluding hydrogens is 841 g/mol. The fourth-order valence-corrected chi connectivity index (χ4v) is 8.39. The molecule has 0 bridgehead atoms. The number of ether oxygens (including phenoxy) is 3. The zero-order valence-electron chi connectivity index (χ0n) is 45.1. The molecule has 0 N–H and O–H groups in total. The third-order valence-corrected chi connectivity index (χ3v) is 12.8. The number of carbonyl (C=O) groups excluding carboxylic acids is 3. The molecule has 0 saturated carbocycles. The second-order valence-electron chi connectivity index (χ2n) is 19.6. The molecule has 0 aromatic carbocycles. The molecule has 1 atom stereocenters. The van der Waals surface area contributed by atoms with Gasteiger partial charge in [0.25, 0.3) is 0 Å². The SMILES string of the molecule is CCCCC\C=C/C=C\C=C/C=C\CCCCCCCC(=O)OCC(COC(=O)CCCCCCCCCCCCCCCC)OC(=O)CCCCCCC/C=C\CCCCCCCCCCC. The Bertz CT molecular complexity index is 1230. The molecule has 1 unspecified atom stereocenters. The molecule has 0 aromatic rings. The Labute approximate surface area is 421 Å². The Hall–Kier alpha value is -2.89. The Morgan fingerprint density at radius 3 is 0.897 bits per heavy atom. The first kappa shape index (κ1) is 65.1. The van der Waals surface area contributed by atoms with E-state index in [1.54, 1.807) is 0 Å². The zero-order valence-corrected chi connectivity index (χ0v) is 45.1. The lowest BCUT2D eigenvalue weighted by molar-refractivity contribution is -0.167. The number of carbonyl (C=O) groups is 3. The predicted octanol–water partition coefficient (Wildman–Crippen LogP) is 19.6. The second kappa shape index (κ2) is 56.7. The lowest BCUT2D eigenvalue weighted by atomic mass is 10.0. The van der Waals surface area contributed by atoms with Gasteiger partial charge in [-0.2, -0.15) is 0 Å². The third-order valence-electron chi connectivity index (χ3n) is 12.8. The van der Waals surface area contributed by atoms with Crippen LogP contribution < -0.4 is 0 Å². The van der Waals surface area contributed by atoms with Crippen molar-refractivity contribution in [2.75, 3.05) is 13.2 Å². The Kier molecular flexibility index (Phi) is 54.3. The molecule has 0 spiro atoms. The van der Waals surface area contributed by atoms with Crippen molar-refractivity contribution in [3.8, 4) is 0 Å². The van der Waals surface area contributed by atoms with Gasteiger partial charge in [0.05, 0.1) is 0 Å². The van der Waals surface area contributed by atoms with E-state index in [4.69, 9.17) is 14.2 Å². The molecule has 0 aliphatic heterocycles. The first-order chi connectivity index (χ1) is 33.5. The quantitative estimate of drug-likeness (QED) is 0.0199. The van der Waals surface area contributed by atoms with E-state index in [-0.39, 0.29) is 31.1 Å². The van der Waals surface area contributed by atoms with E-state index in [9.17, 15) is 14.4 Å². The minimum Gasteiger partial charge on any atom is -0.462 e. The van der Waals surface area contributed by atoms with Crippen LogP contribution >= 0.6 is 0 Å². The molecule has 0 aromatic heterocycles. The van der Waals surface area contributed by atoms with Gasteiger partial charge in [-0.1, -0.05) is 268 Å². The molecule has 0 fully saturated rings. The van der Waals surface area contributed by atoms with Crippen molar-refractivity contribution < 1.29 is 28.6 Å². The van der Waals surface area contributed by atoms with Crippen LogP contribution in [-0.4, -0.2) is 37.2 Å². The van der Waals surface area contributed by atoms with Crippen LogP contribution in [0.2, 0.25) is 0 Å². The van der Waals surface area contributed by atoms with E-state index in [1.165, 1.54) is 161 Å². The van der Waals surface area contributed by atoms with Gasteiger partial charge < -0.3 is 14.2 Å². The Morgan fingerprint density at radius 1 is 0.294 bits per heavy atom. The van der Waals surface area contributed by atoms with Crippen molar-refractivity contribution >= 4 is 17.9 Å². The van der Waals surface area contributed by atoms with Crippen molar-refractivity contribution in [1.29, 1.82) is 0 Å². The van der Waals surface area contributed by atoms with Crippen molar-refractivity contribution in [3.05, 3.63) is 60.8 Å². The normalized spacial score (nSPS) is 12.5. The van der Waals surface area contributed by atoms with Gasteiger partial charge in [-0.3, -0.25) is 14.4 Å². The Morgan fingerprint density at radius 2 is 0.544 bits per heavy atom. The van der Waals surface area contributed by atoms with Crippen LogP contribution in [0.25, 0.3) is 0 Å². The number of rotatable bonds is 53. The topological polar surface area (TPSA) is 78.9 Å². The van der Waals surface area contributed by atoms with E-state index in [2.05, 4.69) is 81.5 Å². The summed E-state index contributed by atoms with van der Waals surface area (Å²) in [5.41, 5.74) is 0. The zero-order chi connectivity index (χ0) is 49.3. The van der Waals surface area contributed by atoms with E-state index in [1.807, 2.05) is 0 Å². The number of esters is 3. The number of hydrogen-bond acceptors (Lipinski definition) is 6. The minimum atomic E-state index is -0.787. The summed E-state index contributed by atoms with van der Waals surface area (Å²) in [7, 11) is 0. The van der Waals surface area contributed by atoms with Crippen LogP contribution in [0.1, 0.15) is 297 Å². The van der Waals surface area contributed by atoms with Gasteiger partial charge in [-0.15, -0.1) is 0 Å². The highest BCUT2D eigenvalue weighted by Crippen LogP contribution is 2.16. The molecule has 0 rings (SSSR count). The summed E-state index contributed by atoms with van der Waals surface area (Å²) >= 11 is 0. The molecule has 0 aliphatic carbocycles. The lowest BCUT2D eigenvalue weighted by Crippen LogP contribution is -2.30. The standard InChI is InChI=1S/C62H110O6/c1-4-7-10-13-16-19-22-25-28-30-32-34-37-40-43-46-49-52-55-61(64)67-58-59(57-66-60(63)54-51-48-45-42-39-36-27-24-21-18-15-12-9-6-3)68-62(65)56-53-50-47-44-41-38-35-33-31-29-26-23-20-17-14-11-8-5-2/h16,19,22,25,28,30,32-35,59H,4-15,17-18,20-21,23-24,26-27,29,31,36-58H2,1-3H3/b19-16-,25-22-,30-28-,34-32-,35-33-. The van der Waals surface area contributed by atoms with E-state index >= 15 is 0 Å². The fourth-order valence-electron chi connectivity index (χ4n) is 8.39. The van der Waals surface area contributed by atoms with Crippen LogP contribution in [0.4, 0.5) is 0 Å². The van der Waals surface area contributed by atoms with Gasteiger partial charge in [0.2, 0.25) is 0 Å². The molecule has 6 nitrogen and oxygen atoms in total. The summed E-state index contributed by atoms with van der Waals surface area (Å²) in [6.07, 6.45) is 70.6. The maximum atomic E-state index is 12.9. The minimum absolute atomic E-state index is 0.0828. The highest BCUT2D eigenvalue weighted by molar-refractivity contribution is 5.71. The van der Waals surface area contributed by atoms with E-state index in [0.29, 0.717) is 19.3 Å². The van der Waals surface area contributed by atoms with Gasteiger partial charge in [0.1, 0.15) is 13.2 Å². The van der Waals surface area contributed by atoms with Crippen LogP contribution in [-0.2, 0) is 28.6 Å². The van der Waals surface area contributed by atoms with Crippen molar-refractivity contribution in [2.45, 2.75) is 303 Å². The highest BCUT2D eigenvalue weighted by Gasteiger charge is 2.19. The van der Waals surface area contributed by atoms with Crippen molar-refractivity contribution in [3.63, 3.8) is 0 Å². The fraction of sp³-hybridized carbons (Fsp3) is 0.790. The van der Waals surface area contributed by atoms with Crippen LogP contribution in [0.15, 0.2) is 60.8 Å². The van der Waals surface area contributed by atoms with Gasteiger partial charge >= 0.3 is 17.9 Å². The summed E-state index contributed by atoms with van der Waals surface area (Å²) in [5.74, 6) is -0.902. The Balaban J connectivity index is 4.42.